The van der Waals surface area contributed by atoms with Gasteiger partial charge in [-0.25, -0.2) is 0 Å². The fraction of sp³-hybridized carbons (Fsp3) is 0.667. The Labute approximate surface area is 120 Å². The summed E-state index contributed by atoms with van der Waals surface area (Å²) in [6, 6.07) is 2.92. The van der Waals surface area contributed by atoms with E-state index >= 15 is 0 Å². The van der Waals surface area contributed by atoms with Gasteiger partial charge in [0.05, 0.1) is 5.88 Å². The Kier molecular flexibility index (Phi) is 3.94. The molecule has 0 radical (unpaired) electrons. The van der Waals surface area contributed by atoms with E-state index < -0.39 is 0 Å². The van der Waals surface area contributed by atoms with Gasteiger partial charge in [0, 0.05) is 42.3 Å². The Morgan fingerprint density at radius 1 is 1.32 bits per heavy atom. The minimum Gasteiger partial charge on any atom is -0.370 e. The smallest absolute Gasteiger partial charge is 0.0509 e. The molecule has 0 saturated carbocycles. The van der Waals surface area contributed by atoms with E-state index in [4.69, 9.17) is 11.6 Å². The van der Waals surface area contributed by atoms with Gasteiger partial charge in [-0.15, -0.1) is 11.6 Å². The standard InChI is InChI=1S/C15H22ClN3/c1-12-8-15(13(9-16)10-17-12)19-7-4-14(11-19)18-5-2-3-6-18/h8,10,14H,2-7,9,11H2,1H3. The van der Waals surface area contributed by atoms with Crippen molar-refractivity contribution in [3.63, 3.8) is 0 Å². The van der Waals surface area contributed by atoms with Crippen molar-refractivity contribution < 1.29 is 0 Å². The first kappa shape index (κ1) is 13.2. The average molecular weight is 280 g/mol. The largest absolute Gasteiger partial charge is 0.370 e. The van der Waals surface area contributed by atoms with Crippen LogP contribution in [0.1, 0.15) is 30.5 Å². The number of pyridine rings is 1. The van der Waals surface area contributed by atoms with E-state index in [2.05, 4.69) is 27.8 Å². The monoisotopic (exact) mass is 279 g/mol. The molecule has 1 aromatic heterocycles. The van der Waals surface area contributed by atoms with Gasteiger partial charge in [-0.05, 0) is 45.3 Å². The predicted octanol–water partition coefficient (Wildman–Crippen LogP) is 2.80. The Morgan fingerprint density at radius 2 is 2.11 bits per heavy atom. The summed E-state index contributed by atoms with van der Waals surface area (Å²) < 4.78 is 0. The van der Waals surface area contributed by atoms with Crippen molar-refractivity contribution in [2.75, 3.05) is 31.1 Å². The fourth-order valence-electron chi connectivity index (χ4n) is 3.34. The van der Waals surface area contributed by atoms with Crippen molar-refractivity contribution >= 4 is 17.3 Å². The van der Waals surface area contributed by atoms with Crippen LogP contribution in [0.15, 0.2) is 12.3 Å². The molecule has 0 amide bonds. The number of aryl methyl sites for hydroxylation is 1. The lowest BCUT2D eigenvalue weighted by atomic mass is 10.2. The van der Waals surface area contributed by atoms with Gasteiger partial charge in [0.2, 0.25) is 0 Å². The highest BCUT2D eigenvalue weighted by Crippen LogP contribution is 2.29. The van der Waals surface area contributed by atoms with Crippen LogP contribution in [-0.4, -0.2) is 42.1 Å². The first-order chi connectivity index (χ1) is 9.28. The number of hydrogen-bond donors (Lipinski definition) is 0. The highest BCUT2D eigenvalue weighted by molar-refractivity contribution is 6.17. The molecule has 1 aromatic rings. The number of nitrogens with zero attached hydrogens (tertiary/aromatic N) is 3. The predicted molar refractivity (Wildman–Crippen MR) is 80.0 cm³/mol. The summed E-state index contributed by atoms with van der Waals surface area (Å²) >= 11 is 6.05. The van der Waals surface area contributed by atoms with E-state index in [1.807, 2.05) is 6.20 Å². The molecule has 2 saturated heterocycles. The van der Waals surface area contributed by atoms with E-state index in [1.54, 1.807) is 0 Å². The quantitative estimate of drug-likeness (QED) is 0.793. The summed E-state index contributed by atoms with van der Waals surface area (Å²) in [6.45, 7) is 6.92. The molecule has 3 nitrogen and oxygen atoms in total. The van der Waals surface area contributed by atoms with E-state index in [-0.39, 0.29) is 0 Å². The zero-order valence-corrected chi connectivity index (χ0v) is 12.4. The van der Waals surface area contributed by atoms with Crippen LogP contribution in [0.4, 0.5) is 5.69 Å². The molecule has 3 heterocycles. The molecule has 4 heteroatoms. The third-order valence-electron chi connectivity index (χ3n) is 4.40. The minimum absolute atomic E-state index is 0.549. The molecular weight excluding hydrogens is 258 g/mol. The van der Waals surface area contributed by atoms with E-state index in [0.717, 1.165) is 30.4 Å². The molecular formula is C15H22ClN3. The zero-order valence-electron chi connectivity index (χ0n) is 11.6. The van der Waals surface area contributed by atoms with Crippen molar-refractivity contribution in [3.05, 3.63) is 23.5 Å². The Hall–Kier alpha value is -0.800. The summed E-state index contributed by atoms with van der Waals surface area (Å²) in [5.41, 5.74) is 3.53. The molecule has 0 spiro atoms. The van der Waals surface area contributed by atoms with Crippen molar-refractivity contribution in [2.45, 2.75) is 38.1 Å². The third-order valence-corrected chi connectivity index (χ3v) is 4.69. The maximum Gasteiger partial charge on any atom is 0.0509 e. The molecule has 104 valence electrons. The van der Waals surface area contributed by atoms with Crippen LogP contribution < -0.4 is 4.90 Å². The van der Waals surface area contributed by atoms with Gasteiger partial charge in [-0.1, -0.05) is 0 Å². The zero-order chi connectivity index (χ0) is 13.2. The van der Waals surface area contributed by atoms with Crippen LogP contribution in [0, 0.1) is 6.92 Å². The molecule has 3 rings (SSSR count). The number of hydrogen-bond acceptors (Lipinski definition) is 3. The molecule has 2 fully saturated rings. The van der Waals surface area contributed by atoms with Gasteiger partial charge >= 0.3 is 0 Å². The van der Waals surface area contributed by atoms with Crippen molar-refractivity contribution in [2.24, 2.45) is 0 Å². The SMILES string of the molecule is Cc1cc(N2CCC(N3CCCC3)C2)c(CCl)cn1. The van der Waals surface area contributed by atoms with Crippen LogP contribution in [-0.2, 0) is 5.88 Å². The third kappa shape index (κ3) is 2.72. The second kappa shape index (κ2) is 5.68. The van der Waals surface area contributed by atoms with Gasteiger partial charge < -0.3 is 4.90 Å². The molecule has 1 unspecified atom stereocenters. The maximum absolute atomic E-state index is 6.05. The van der Waals surface area contributed by atoms with Crippen LogP contribution in [0.2, 0.25) is 0 Å². The minimum atomic E-state index is 0.549. The summed E-state index contributed by atoms with van der Waals surface area (Å²) in [5, 5.41) is 0. The average Bonchev–Trinajstić information content (AvgIpc) is 3.09. The lowest BCUT2D eigenvalue weighted by Gasteiger charge is -2.25. The summed E-state index contributed by atoms with van der Waals surface area (Å²) in [7, 11) is 0. The topological polar surface area (TPSA) is 19.4 Å². The van der Waals surface area contributed by atoms with Gasteiger partial charge in [0.25, 0.3) is 0 Å². The van der Waals surface area contributed by atoms with Gasteiger partial charge in [0.1, 0.15) is 0 Å². The number of halogens is 1. The maximum atomic E-state index is 6.05. The van der Waals surface area contributed by atoms with Gasteiger partial charge in [-0.2, -0.15) is 0 Å². The lowest BCUT2D eigenvalue weighted by molar-refractivity contribution is 0.260. The first-order valence-corrected chi connectivity index (χ1v) is 7.82. The van der Waals surface area contributed by atoms with Crippen LogP contribution >= 0.6 is 11.6 Å². The molecule has 0 N–H and O–H groups in total. The lowest BCUT2D eigenvalue weighted by Crippen LogP contribution is -2.35. The second-order valence-electron chi connectivity index (χ2n) is 5.72. The molecule has 1 atom stereocenters. The second-order valence-corrected chi connectivity index (χ2v) is 5.99. The first-order valence-electron chi connectivity index (χ1n) is 7.28. The highest BCUT2D eigenvalue weighted by Gasteiger charge is 2.30. The number of likely N-dealkylation sites (tertiary alicyclic amines) is 1. The normalized spacial score (nSPS) is 24.3. The van der Waals surface area contributed by atoms with E-state index in [1.165, 1.54) is 38.0 Å². The molecule has 2 aliphatic heterocycles. The molecule has 2 aliphatic rings. The van der Waals surface area contributed by atoms with Crippen molar-refractivity contribution in [1.29, 1.82) is 0 Å². The Balaban J connectivity index is 1.75. The van der Waals surface area contributed by atoms with Crippen LogP contribution in [0.25, 0.3) is 0 Å². The number of alkyl halides is 1. The summed E-state index contributed by atoms with van der Waals surface area (Å²) in [4.78, 5) is 9.51. The Morgan fingerprint density at radius 3 is 2.84 bits per heavy atom. The Bertz CT molecular complexity index is 443. The van der Waals surface area contributed by atoms with Crippen LogP contribution in [0.3, 0.4) is 0 Å². The van der Waals surface area contributed by atoms with Gasteiger partial charge in [-0.3, -0.25) is 9.88 Å². The highest BCUT2D eigenvalue weighted by atomic mass is 35.5. The van der Waals surface area contributed by atoms with Crippen molar-refractivity contribution in [3.8, 4) is 0 Å². The number of rotatable bonds is 3. The van der Waals surface area contributed by atoms with E-state index in [0.29, 0.717) is 5.88 Å². The molecule has 19 heavy (non-hydrogen) atoms. The molecule has 0 bridgehead atoms. The number of aromatic nitrogens is 1. The summed E-state index contributed by atoms with van der Waals surface area (Å²) in [6.07, 6.45) is 5.96. The summed E-state index contributed by atoms with van der Waals surface area (Å²) in [5.74, 6) is 0.549. The molecule has 0 aromatic carbocycles. The van der Waals surface area contributed by atoms with Crippen molar-refractivity contribution in [1.82, 2.24) is 9.88 Å². The molecule has 0 aliphatic carbocycles. The van der Waals surface area contributed by atoms with E-state index in [9.17, 15) is 0 Å². The number of anilines is 1. The fourth-order valence-corrected chi connectivity index (χ4v) is 3.54. The van der Waals surface area contributed by atoms with Crippen LogP contribution in [0.5, 0.6) is 0 Å². The van der Waals surface area contributed by atoms with Gasteiger partial charge in [0.15, 0.2) is 0 Å².